The molecule has 0 spiro atoms. The van der Waals surface area contributed by atoms with Crippen LogP contribution in [-0.2, 0) is 0 Å². The molecule has 0 aliphatic carbocycles. The molecule has 0 radical (unpaired) electrons. The molecule has 1 aliphatic heterocycles. The lowest BCUT2D eigenvalue weighted by Crippen LogP contribution is -2.34. The van der Waals surface area contributed by atoms with E-state index in [1.807, 2.05) is 42.2 Å². The molecule has 0 saturated carbocycles. The minimum atomic E-state index is -0.172. The van der Waals surface area contributed by atoms with Crippen LogP contribution in [0.2, 0.25) is 0 Å². The van der Waals surface area contributed by atoms with Gasteiger partial charge in [0.05, 0.1) is 0 Å². The van der Waals surface area contributed by atoms with E-state index in [0.29, 0.717) is 16.8 Å². The molecule has 1 saturated heterocycles. The first-order valence-corrected chi connectivity index (χ1v) is 8.99. The molecular weight excluding hydrogens is 326 g/mol. The fourth-order valence-corrected chi connectivity index (χ4v) is 3.11. The summed E-state index contributed by atoms with van der Waals surface area (Å²) in [6.07, 6.45) is 0.978. The van der Waals surface area contributed by atoms with Gasteiger partial charge in [-0.25, -0.2) is 0 Å². The fourth-order valence-electron chi connectivity index (χ4n) is 3.11. The smallest absolute Gasteiger partial charge is 0.255 e. The summed E-state index contributed by atoms with van der Waals surface area (Å²) in [7, 11) is 2.08. The second-order valence-corrected chi connectivity index (χ2v) is 6.80. The van der Waals surface area contributed by atoms with E-state index in [1.165, 1.54) is 0 Å². The highest BCUT2D eigenvalue weighted by Gasteiger charge is 2.20. The van der Waals surface area contributed by atoms with Crippen molar-refractivity contribution in [2.75, 3.05) is 38.5 Å². The summed E-state index contributed by atoms with van der Waals surface area (Å²) in [5, 5.41) is 2.93. The van der Waals surface area contributed by atoms with Crippen LogP contribution < -0.4 is 5.32 Å². The number of hydrogen-bond donors (Lipinski definition) is 1. The van der Waals surface area contributed by atoms with E-state index in [4.69, 9.17) is 0 Å². The third kappa shape index (κ3) is 4.29. The quantitative estimate of drug-likeness (QED) is 0.925. The predicted molar refractivity (Wildman–Crippen MR) is 104 cm³/mol. The van der Waals surface area contributed by atoms with Gasteiger partial charge in [0.1, 0.15) is 0 Å². The Hall–Kier alpha value is -2.66. The topological polar surface area (TPSA) is 52.7 Å². The molecule has 3 rings (SSSR count). The Morgan fingerprint density at radius 2 is 1.69 bits per heavy atom. The second kappa shape index (κ2) is 8.15. The second-order valence-electron chi connectivity index (χ2n) is 6.80. The number of carbonyl (C=O) groups excluding carboxylic acids is 2. The lowest BCUT2D eigenvalue weighted by molar-refractivity contribution is 0.0762. The normalized spacial score (nSPS) is 15.4. The lowest BCUT2D eigenvalue weighted by atomic mass is 10.1. The molecule has 0 unspecified atom stereocenters. The number of nitrogens with one attached hydrogen (secondary N) is 1. The standard InChI is InChI=1S/C21H25N3O2/c1-16-9-10-18(21(26)24-12-6-11-23(2)13-14-24)15-19(16)22-20(25)17-7-4-3-5-8-17/h3-5,7-10,15H,6,11-14H2,1-2H3,(H,22,25). The van der Waals surface area contributed by atoms with E-state index in [9.17, 15) is 9.59 Å². The van der Waals surface area contributed by atoms with Crippen LogP contribution in [0.3, 0.4) is 0 Å². The first kappa shape index (κ1) is 18.1. The van der Waals surface area contributed by atoms with Gasteiger partial charge in [-0.15, -0.1) is 0 Å². The van der Waals surface area contributed by atoms with E-state index in [2.05, 4.69) is 17.3 Å². The van der Waals surface area contributed by atoms with Gasteiger partial charge in [-0.1, -0.05) is 24.3 Å². The molecule has 1 fully saturated rings. The number of hydrogen-bond acceptors (Lipinski definition) is 3. The number of aryl methyl sites for hydroxylation is 1. The van der Waals surface area contributed by atoms with Crippen LogP contribution in [0.1, 0.15) is 32.7 Å². The minimum Gasteiger partial charge on any atom is -0.337 e. The predicted octanol–water partition coefficient (Wildman–Crippen LogP) is 3.03. The molecular formula is C21H25N3O2. The number of anilines is 1. The average molecular weight is 351 g/mol. The first-order chi connectivity index (χ1) is 12.5. The van der Waals surface area contributed by atoms with Gasteiger partial charge in [-0.05, 0) is 56.8 Å². The maximum Gasteiger partial charge on any atom is 0.255 e. The van der Waals surface area contributed by atoms with E-state index in [1.54, 1.807) is 18.2 Å². The molecule has 1 heterocycles. The third-order valence-electron chi connectivity index (χ3n) is 4.78. The number of rotatable bonds is 3. The number of carbonyl (C=O) groups is 2. The van der Waals surface area contributed by atoms with Gasteiger partial charge in [0.15, 0.2) is 0 Å². The molecule has 2 aromatic carbocycles. The Labute approximate surface area is 154 Å². The van der Waals surface area contributed by atoms with Crippen molar-refractivity contribution in [2.45, 2.75) is 13.3 Å². The zero-order valence-corrected chi connectivity index (χ0v) is 15.4. The molecule has 26 heavy (non-hydrogen) atoms. The molecule has 1 aliphatic rings. The van der Waals surface area contributed by atoms with Gasteiger partial charge in [0, 0.05) is 36.4 Å². The number of nitrogens with zero attached hydrogens (tertiary/aromatic N) is 2. The van der Waals surface area contributed by atoms with Crippen LogP contribution in [0.25, 0.3) is 0 Å². The molecule has 2 aromatic rings. The largest absolute Gasteiger partial charge is 0.337 e. The van der Waals surface area contributed by atoms with Crippen molar-refractivity contribution in [2.24, 2.45) is 0 Å². The van der Waals surface area contributed by atoms with E-state index in [0.717, 1.165) is 38.2 Å². The van der Waals surface area contributed by atoms with Gasteiger partial charge in [0.2, 0.25) is 0 Å². The maximum absolute atomic E-state index is 12.9. The highest BCUT2D eigenvalue weighted by Crippen LogP contribution is 2.20. The van der Waals surface area contributed by atoms with Gasteiger partial charge in [0.25, 0.3) is 11.8 Å². The molecule has 0 atom stereocenters. The first-order valence-electron chi connectivity index (χ1n) is 8.99. The van der Waals surface area contributed by atoms with Crippen LogP contribution in [-0.4, -0.2) is 54.8 Å². The van der Waals surface area contributed by atoms with Crippen LogP contribution >= 0.6 is 0 Å². The lowest BCUT2D eigenvalue weighted by Gasteiger charge is -2.21. The molecule has 5 heteroatoms. The Bertz CT molecular complexity index is 789. The monoisotopic (exact) mass is 351 g/mol. The van der Waals surface area contributed by atoms with E-state index >= 15 is 0 Å². The molecule has 5 nitrogen and oxygen atoms in total. The fraction of sp³-hybridized carbons (Fsp3) is 0.333. The van der Waals surface area contributed by atoms with E-state index in [-0.39, 0.29) is 11.8 Å². The van der Waals surface area contributed by atoms with Gasteiger partial charge in [-0.3, -0.25) is 9.59 Å². The number of benzene rings is 2. The summed E-state index contributed by atoms with van der Waals surface area (Å²) in [6, 6.07) is 14.6. The minimum absolute atomic E-state index is 0.0236. The Kier molecular flexibility index (Phi) is 5.68. The van der Waals surface area contributed by atoms with Crippen LogP contribution in [0, 0.1) is 6.92 Å². The van der Waals surface area contributed by atoms with Crippen molar-refractivity contribution in [1.82, 2.24) is 9.80 Å². The van der Waals surface area contributed by atoms with Crippen molar-refractivity contribution in [3.8, 4) is 0 Å². The highest BCUT2D eigenvalue weighted by atomic mass is 16.2. The third-order valence-corrected chi connectivity index (χ3v) is 4.78. The number of amides is 2. The molecule has 136 valence electrons. The zero-order valence-electron chi connectivity index (χ0n) is 15.4. The molecule has 0 bridgehead atoms. The van der Waals surface area contributed by atoms with E-state index < -0.39 is 0 Å². The summed E-state index contributed by atoms with van der Waals surface area (Å²) in [6.45, 7) is 5.32. The van der Waals surface area contributed by atoms with Crippen LogP contribution in [0.15, 0.2) is 48.5 Å². The SMILES string of the molecule is Cc1ccc(C(=O)N2CCCN(C)CC2)cc1NC(=O)c1ccccc1. The zero-order chi connectivity index (χ0) is 18.5. The molecule has 0 aromatic heterocycles. The number of likely N-dealkylation sites (N-methyl/N-ethyl adjacent to an activating group) is 1. The van der Waals surface area contributed by atoms with Crippen molar-refractivity contribution < 1.29 is 9.59 Å². The maximum atomic E-state index is 12.9. The van der Waals surface area contributed by atoms with Gasteiger partial charge in [-0.2, -0.15) is 0 Å². The Morgan fingerprint density at radius 3 is 2.46 bits per heavy atom. The summed E-state index contributed by atoms with van der Waals surface area (Å²) < 4.78 is 0. The Balaban J connectivity index is 1.76. The van der Waals surface area contributed by atoms with Crippen molar-refractivity contribution in [3.05, 3.63) is 65.2 Å². The van der Waals surface area contributed by atoms with Crippen molar-refractivity contribution >= 4 is 17.5 Å². The van der Waals surface area contributed by atoms with Crippen molar-refractivity contribution in [1.29, 1.82) is 0 Å². The average Bonchev–Trinajstić information content (AvgIpc) is 2.88. The van der Waals surface area contributed by atoms with Crippen molar-refractivity contribution in [3.63, 3.8) is 0 Å². The van der Waals surface area contributed by atoms with Crippen LogP contribution in [0.4, 0.5) is 5.69 Å². The summed E-state index contributed by atoms with van der Waals surface area (Å²) in [5.41, 5.74) is 2.82. The Morgan fingerprint density at radius 1 is 0.923 bits per heavy atom. The summed E-state index contributed by atoms with van der Waals surface area (Å²) in [5.74, 6) is -0.148. The highest BCUT2D eigenvalue weighted by molar-refractivity contribution is 6.05. The van der Waals surface area contributed by atoms with Gasteiger partial charge < -0.3 is 15.1 Å². The summed E-state index contributed by atoms with van der Waals surface area (Å²) >= 11 is 0. The van der Waals surface area contributed by atoms with Crippen LogP contribution in [0.5, 0.6) is 0 Å². The van der Waals surface area contributed by atoms with Gasteiger partial charge >= 0.3 is 0 Å². The molecule has 1 N–H and O–H groups in total. The summed E-state index contributed by atoms with van der Waals surface area (Å²) in [4.78, 5) is 29.4. The molecule has 2 amide bonds.